The van der Waals surface area contributed by atoms with E-state index in [2.05, 4.69) is 61.6 Å². The van der Waals surface area contributed by atoms with E-state index in [-0.39, 0.29) is 6.04 Å². The highest BCUT2D eigenvalue weighted by atomic mass is 79.9. The lowest BCUT2D eigenvalue weighted by Crippen LogP contribution is -2.21. The molecule has 0 fully saturated rings. The van der Waals surface area contributed by atoms with Gasteiger partial charge in [0.1, 0.15) is 5.75 Å². The number of rotatable bonds is 5. The summed E-state index contributed by atoms with van der Waals surface area (Å²) in [6, 6.07) is 8.36. The van der Waals surface area contributed by atoms with Gasteiger partial charge in [0.2, 0.25) is 0 Å². The minimum absolute atomic E-state index is 0.180. The van der Waals surface area contributed by atoms with E-state index in [1.807, 2.05) is 12.1 Å². The second kappa shape index (κ2) is 6.88. The fourth-order valence-corrected chi connectivity index (χ4v) is 4.21. The van der Waals surface area contributed by atoms with Crippen molar-refractivity contribution in [3.05, 3.63) is 49.0 Å². The predicted molar refractivity (Wildman–Crippen MR) is 88.2 cm³/mol. The Labute approximate surface area is 134 Å². The summed E-state index contributed by atoms with van der Waals surface area (Å²) in [6.07, 6.45) is 0. The molecule has 0 radical (unpaired) electrons. The molecule has 2 rings (SSSR count). The molecule has 2 aromatic rings. The van der Waals surface area contributed by atoms with Crippen LogP contribution in [0.2, 0.25) is 0 Å². The van der Waals surface area contributed by atoms with E-state index in [0.29, 0.717) is 0 Å². The van der Waals surface area contributed by atoms with E-state index in [1.54, 1.807) is 18.4 Å². The lowest BCUT2D eigenvalue weighted by molar-refractivity contribution is 0.414. The van der Waals surface area contributed by atoms with E-state index < -0.39 is 0 Å². The molecule has 0 aliphatic rings. The van der Waals surface area contributed by atoms with Crippen molar-refractivity contribution < 1.29 is 4.74 Å². The van der Waals surface area contributed by atoms with Gasteiger partial charge in [-0.3, -0.25) is 0 Å². The normalized spacial score (nSPS) is 12.4. The van der Waals surface area contributed by atoms with Crippen LogP contribution in [0.15, 0.2) is 38.6 Å². The van der Waals surface area contributed by atoms with Crippen molar-refractivity contribution in [3.8, 4) is 5.75 Å². The number of halogens is 2. The van der Waals surface area contributed by atoms with E-state index in [4.69, 9.17) is 4.74 Å². The average Bonchev–Trinajstić information content (AvgIpc) is 2.82. The molecule has 0 saturated heterocycles. The number of thiophene rings is 1. The first kappa shape index (κ1) is 15.0. The van der Waals surface area contributed by atoms with Gasteiger partial charge in [-0.05, 0) is 51.6 Å². The SMILES string of the molecule is CCNC(c1ccc(OC)cc1Br)c1sccc1Br. The van der Waals surface area contributed by atoms with Gasteiger partial charge in [0, 0.05) is 13.8 Å². The van der Waals surface area contributed by atoms with E-state index in [1.165, 1.54) is 10.4 Å². The fraction of sp³-hybridized carbons (Fsp3) is 0.286. The topological polar surface area (TPSA) is 21.3 Å². The van der Waals surface area contributed by atoms with Gasteiger partial charge in [-0.1, -0.05) is 28.9 Å². The zero-order chi connectivity index (χ0) is 13.8. The highest BCUT2D eigenvalue weighted by Crippen LogP contribution is 2.37. The van der Waals surface area contributed by atoms with Crippen LogP contribution >= 0.6 is 43.2 Å². The first-order chi connectivity index (χ1) is 9.17. The maximum Gasteiger partial charge on any atom is 0.120 e. The van der Waals surface area contributed by atoms with Gasteiger partial charge in [0.05, 0.1) is 13.2 Å². The van der Waals surface area contributed by atoms with Crippen molar-refractivity contribution in [1.29, 1.82) is 0 Å². The Morgan fingerprint density at radius 2 is 2.05 bits per heavy atom. The molecule has 0 aliphatic carbocycles. The summed E-state index contributed by atoms with van der Waals surface area (Å²) in [5.41, 5.74) is 1.21. The Morgan fingerprint density at radius 3 is 2.58 bits per heavy atom. The molecule has 2 nitrogen and oxygen atoms in total. The molecule has 1 heterocycles. The van der Waals surface area contributed by atoms with Crippen molar-refractivity contribution in [2.24, 2.45) is 0 Å². The standard InChI is InChI=1S/C14H15Br2NOS/c1-3-17-13(14-11(15)6-7-19-14)10-5-4-9(18-2)8-12(10)16/h4-8,13,17H,3H2,1-2H3. The molecule has 0 saturated carbocycles. The fourth-order valence-electron chi connectivity index (χ4n) is 1.93. The second-order valence-corrected chi connectivity index (χ2v) is 6.67. The maximum absolute atomic E-state index is 5.25. The lowest BCUT2D eigenvalue weighted by atomic mass is 10.1. The molecule has 0 spiro atoms. The number of benzene rings is 1. The van der Waals surface area contributed by atoms with Crippen LogP contribution < -0.4 is 10.1 Å². The third-order valence-electron chi connectivity index (χ3n) is 2.83. The second-order valence-electron chi connectivity index (χ2n) is 4.01. The average molecular weight is 405 g/mol. The summed E-state index contributed by atoms with van der Waals surface area (Å²) in [5, 5.41) is 5.63. The molecule has 0 aliphatic heterocycles. The number of methoxy groups -OCH3 is 1. The largest absolute Gasteiger partial charge is 0.497 e. The van der Waals surface area contributed by atoms with Crippen molar-refractivity contribution in [2.75, 3.05) is 13.7 Å². The Hall–Kier alpha value is -0.360. The minimum atomic E-state index is 0.180. The number of hydrogen-bond acceptors (Lipinski definition) is 3. The zero-order valence-electron chi connectivity index (χ0n) is 10.7. The van der Waals surface area contributed by atoms with Gasteiger partial charge in [-0.25, -0.2) is 0 Å². The molecule has 1 atom stereocenters. The summed E-state index contributed by atoms with van der Waals surface area (Å²) >= 11 is 9.00. The van der Waals surface area contributed by atoms with Crippen LogP contribution in [-0.2, 0) is 0 Å². The van der Waals surface area contributed by atoms with Crippen molar-refractivity contribution in [3.63, 3.8) is 0 Å². The highest BCUT2D eigenvalue weighted by molar-refractivity contribution is 9.10. The summed E-state index contributed by atoms with van der Waals surface area (Å²) in [4.78, 5) is 1.28. The van der Waals surface area contributed by atoms with Crippen LogP contribution in [0.4, 0.5) is 0 Å². The Kier molecular flexibility index (Phi) is 5.45. The van der Waals surface area contributed by atoms with Crippen LogP contribution in [0.3, 0.4) is 0 Å². The molecule has 1 unspecified atom stereocenters. The molecule has 1 aromatic heterocycles. The molecule has 1 N–H and O–H groups in total. The Morgan fingerprint density at radius 1 is 1.26 bits per heavy atom. The maximum atomic E-state index is 5.25. The third-order valence-corrected chi connectivity index (χ3v) is 5.46. The molecular formula is C14H15Br2NOS. The van der Waals surface area contributed by atoms with Gasteiger partial charge in [-0.2, -0.15) is 0 Å². The highest BCUT2D eigenvalue weighted by Gasteiger charge is 2.19. The summed E-state index contributed by atoms with van der Waals surface area (Å²) in [7, 11) is 1.68. The molecule has 0 amide bonds. The smallest absolute Gasteiger partial charge is 0.120 e. The number of ether oxygens (including phenoxy) is 1. The van der Waals surface area contributed by atoms with Gasteiger partial charge in [0.15, 0.2) is 0 Å². The van der Waals surface area contributed by atoms with Crippen molar-refractivity contribution in [1.82, 2.24) is 5.32 Å². The van der Waals surface area contributed by atoms with Crippen molar-refractivity contribution in [2.45, 2.75) is 13.0 Å². The van der Waals surface area contributed by atoms with Crippen LogP contribution in [0.5, 0.6) is 5.75 Å². The summed E-state index contributed by atoms with van der Waals surface area (Å²) in [6.45, 7) is 3.03. The molecule has 1 aromatic carbocycles. The van der Waals surface area contributed by atoms with Crippen LogP contribution in [0.25, 0.3) is 0 Å². The monoisotopic (exact) mass is 403 g/mol. The van der Waals surface area contributed by atoms with E-state index in [9.17, 15) is 0 Å². The molecule has 19 heavy (non-hydrogen) atoms. The molecular weight excluding hydrogens is 390 g/mol. The van der Waals surface area contributed by atoms with Crippen LogP contribution in [0, 0.1) is 0 Å². The van der Waals surface area contributed by atoms with E-state index >= 15 is 0 Å². The summed E-state index contributed by atoms with van der Waals surface area (Å²) in [5.74, 6) is 0.858. The quantitative estimate of drug-likeness (QED) is 0.758. The number of nitrogens with one attached hydrogen (secondary N) is 1. The molecule has 5 heteroatoms. The van der Waals surface area contributed by atoms with E-state index in [0.717, 1.165) is 21.2 Å². The first-order valence-electron chi connectivity index (χ1n) is 5.97. The predicted octanol–water partition coefficient (Wildman–Crippen LogP) is 4.98. The summed E-state index contributed by atoms with van der Waals surface area (Å²) < 4.78 is 7.45. The molecule has 102 valence electrons. The van der Waals surface area contributed by atoms with Gasteiger partial charge >= 0.3 is 0 Å². The van der Waals surface area contributed by atoms with Crippen LogP contribution in [0.1, 0.15) is 23.4 Å². The third kappa shape index (κ3) is 3.40. The van der Waals surface area contributed by atoms with Gasteiger partial charge < -0.3 is 10.1 Å². The first-order valence-corrected chi connectivity index (χ1v) is 8.43. The van der Waals surface area contributed by atoms with Crippen molar-refractivity contribution >= 4 is 43.2 Å². The minimum Gasteiger partial charge on any atom is -0.497 e. The van der Waals surface area contributed by atoms with Gasteiger partial charge in [-0.15, -0.1) is 11.3 Å². The molecule has 0 bridgehead atoms. The lowest BCUT2D eigenvalue weighted by Gasteiger charge is -2.19. The zero-order valence-corrected chi connectivity index (χ0v) is 14.7. The van der Waals surface area contributed by atoms with Crippen LogP contribution in [-0.4, -0.2) is 13.7 Å². The Bertz CT molecular complexity index is 556. The van der Waals surface area contributed by atoms with Gasteiger partial charge in [0.25, 0.3) is 0 Å². The Balaban J connectivity index is 2.42. The number of hydrogen-bond donors (Lipinski definition) is 1.